The molecule has 2 aromatic carbocycles. The summed E-state index contributed by atoms with van der Waals surface area (Å²) < 4.78 is 27.8. The van der Waals surface area contributed by atoms with Crippen molar-refractivity contribution >= 4 is 15.9 Å². The second kappa shape index (κ2) is 11.1. The topological polar surface area (TPSA) is 69.7 Å². The Hall–Kier alpha value is -2.22. The van der Waals surface area contributed by atoms with Gasteiger partial charge in [0.15, 0.2) is 0 Å². The summed E-state index contributed by atoms with van der Waals surface area (Å²) in [7, 11) is 2.01. The molecule has 7 heteroatoms. The van der Waals surface area contributed by atoms with Crippen LogP contribution in [0.4, 0.5) is 0 Å². The number of amides is 1. The van der Waals surface area contributed by atoms with Gasteiger partial charge in [-0.1, -0.05) is 55.7 Å². The third-order valence-electron chi connectivity index (χ3n) is 6.40. The van der Waals surface area contributed by atoms with Crippen LogP contribution >= 0.6 is 0 Å². The van der Waals surface area contributed by atoms with Gasteiger partial charge in [-0.05, 0) is 57.1 Å². The van der Waals surface area contributed by atoms with Gasteiger partial charge < -0.3 is 10.2 Å². The lowest BCUT2D eigenvalue weighted by Crippen LogP contribution is -2.41. The molecule has 1 N–H and O–H groups in total. The van der Waals surface area contributed by atoms with Crippen LogP contribution in [0.5, 0.6) is 0 Å². The largest absolute Gasteiger partial charge is 0.350 e. The van der Waals surface area contributed by atoms with Gasteiger partial charge in [0, 0.05) is 31.2 Å². The van der Waals surface area contributed by atoms with Crippen LogP contribution < -0.4 is 5.32 Å². The predicted octanol–water partition coefficient (Wildman–Crippen LogP) is 3.54. The molecule has 0 heterocycles. The van der Waals surface area contributed by atoms with Crippen LogP contribution in [0.25, 0.3) is 0 Å². The summed E-state index contributed by atoms with van der Waals surface area (Å²) in [6, 6.07) is 16.7. The number of nitrogens with one attached hydrogen (secondary N) is 1. The number of hydrogen-bond donors (Lipinski definition) is 1. The minimum absolute atomic E-state index is 0.0325. The van der Waals surface area contributed by atoms with Crippen molar-refractivity contribution in [1.29, 1.82) is 0 Å². The zero-order valence-electron chi connectivity index (χ0n) is 19.3. The van der Waals surface area contributed by atoms with Crippen molar-refractivity contribution in [3.8, 4) is 0 Å². The maximum atomic E-state index is 13.2. The molecule has 0 spiro atoms. The molecule has 1 amide bonds. The highest BCUT2D eigenvalue weighted by Gasteiger charge is 2.29. The molecule has 0 aliphatic heterocycles. The van der Waals surface area contributed by atoms with E-state index in [1.807, 2.05) is 32.3 Å². The molecule has 1 fully saturated rings. The first-order chi connectivity index (χ1) is 15.3. The van der Waals surface area contributed by atoms with E-state index in [0.29, 0.717) is 12.1 Å². The highest BCUT2D eigenvalue weighted by atomic mass is 32.2. The Labute approximate surface area is 192 Å². The number of hydrogen-bond acceptors (Lipinski definition) is 4. The van der Waals surface area contributed by atoms with Crippen molar-refractivity contribution < 1.29 is 13.2 Å². The molecule has 3 rings (SSSR count). The highest BCUT2D eigenvalue weighted by Crippen LogP contribution is 2.26. The molecule has 1 aliphatic rings. The Kier molecular flexibility index (Phi) is 8.45. The quantitative estimate of drug-likeness (QED) is 0.625. The standard InChI is InChI=1S/C25H35N3O3S/c1-27(2)23(17-20-11-6-4-7-12-20)19-26-25(29)21-13-10-16-24(18-21)32(30,31)28(3)22-14-8-5-9-15-22/h4,6-7,10-13,16,18,22-23H,5,8-9,14-15,17,19H2,1-3H3,(H,26,29). The van der Waals surface area contributed by atoms with Crippen LogP contribution in [0.2, 0.25) is 0 Å². The molecule has 1 saturated carbocycles. The lowest BCUT2D eigenvalue weighted by atomic mass is 9.96. The molecule has 0 bridgehead atoms. The molecule has 1 aliphatic carbocycles. The van der Waals surface area contributed by atoms with E-state index in [-0.39, 0.29) is 22.9 Å². The number of carbonyl (C=O) groups excluding carboxylic acids is 1. The summed E-state index contributed by atoms with van der Waals surface area (Å²) in [6.45, 7) is 0.472. The maximum Gasteiger partial charge on any atom is 0.251 e. The normalized spacial score (nSPS) is 16.3. The Balaban J connectivity index is 1.67. The van der Waals surface area contributed by atoms with E-state index < -0.39 is 10.0 Å². The molecule has 6 nitrogen and oxygen atoms in total. The van der Waals surface area contributed by atoms with Gasteiger partial charge in [0.1, 0.15) is 0 Å². The first kappa shape index (κ1) is 24.4. The van der Waals surface area contributed by atoms with Crippen LogP contribution in [0.3, 0.4) is 0 Å². The Morgan fingerprint density at radius 3 is 2.34 bits per heavy atom. The van der Waals surface area contributed by atoms with Crippen molar-refractivity contribution in [1.82, 2.24) is 14.5 Å². The van der Waals surface area contributed by atoms with E-state index >= 15 is 0 Å². The van der Waals surface area contributed by atoms with Gasteiger partial charge >= 0.3 is 0 Å². The van der Waals surface area contributed by atoms with E-state index in [1.54, 1.807) is 25.2 Å². The van der Waals surface area contributed by atoms with Crippen LogP contribution in [0.1, 0.15) is 48.0 Å². The highest BCUT2D eigenvalue weighted by molar-refractivity contribution is 7.89. The first-order valence-corrected chi connectivity index (χ1v) is 12.8. The van der Waals surface area contributed by atoms with Crippen molar-refractivity contribution in [3.05, 3.63) is 65.7 Å². The number of nitrogens with zero attached hydrogens (tertiary/aromatic N) is 2. The maximum absolute atomic E-state index is 13.2. The fraction of sp³-hybridized carbons (Fsp3) is 0.480. The molecule has 0 aromatic heterocycles. The van der Waals surface area contributed by atoms with Crippen molar-refractivity contribution in [3.63, 3.8) is 0 Å². The molecular weight excluding hydrogens is 422 g/mol. The van der Waals surface area contributed by atoms with Gasteiger partial charge in [-0.15, -0.1) is 0 Å². The monoisotopic (exact) mass is 457 g/mol. The minimum atomic E-state index is -3.63. The van der Waals surface area contributed by atoms with Crippen LogP contribution in [-0.4, -0.2) is 63.3 Å². The van der Waals surface area contributed by atoms with Crippen molar-refractivity contribution in [2.24, 2.45) is 0 Å². The molecule has 32 heavy (non-hydrogen) atoms. The number of sulfonamides is 1. The zero-order chi connectivity index (χ0) is 23.1. The summed E-state index contributed by atoms with van der Waals surface area (Å²) in [4.78, 5) is 15.1. The van der Waals surface area contributed by atoms with Crippen molar-refractivity contribution in [2.45, 2.75) is 55.5 Å². The number of benzene rings is 2. The molecule has 0 radical (unpaired) electrons. The molecule has 2 aromatic rings. The lowest BCUT2D eigenvalue weighted by Gasteiger charge is -2.30. The van der Waals surface area contributed by atoms with E-state index in [2.05, 4.69) is 22.3 Å². The van der Waals surface area contributed by atoms with Gasteiger partial charge in [0.25, 0.3) is 5.91 Å². The summed E-state index contributed by atoms with van der Waals surface area (Å²) in [5.74, 6) is -0.262. The Bertz CT molecular complexity index is 987. The Morgan fingerprint density at radius 2 is 1.69 bits per heavy atom. The van der Waals surface area contributed by atoms with Crippen LogP contribution in [0.15, 0.2) is 59.5 Å². The smallest absolute Gasteiger partial charge is 0.251 e. The van der Waals surface area contributed by atoms with E-state index in [1.165, 1.54) is 15.9 Å². The third-order valence-corrected chi connectivity index (χ3v) is 8.31. The fourth-order valence-electron chi connectivity index (χ4n) is 4.24. The average Bonchev–Trinajstić information content (AvgIpc) is 2.82. The summed E-state index contributed by atoms with van der Waals surface area (Å²) in [6.07, 6.45) is 5.88. The molecule has 174 valence electrons. The molecule has 1 unspecified atom stereocenters. The predicted molar refractivity (Wildman–Crippen MR) is 128 cm³/mol. The van der Waals surface area contributed by atoms with Crippen LogP contribution in [0, 0.1) is 0 Å². The summed E-state index contributed by atoms with van der Waals surface area (Å²) in [5, 5.41) is 2.98. The van der Waals surface area contributed by atoms with Crippen LogP contribution in [-0.2, 0) is 16.4 Å². The lowest BCUT2D eigenvalue weighted by molar-refractivity contribution is 0.0941. The first-order valence-electron chi connectivity index (χ1n) is 11.4. The van der Waals surface area contributed by atoms with E-state index in [9.17, 15) is 13.2 Å². The second-order valence-electron chi connectivity index (χ2n) is 8.86. The summed E-state index contributed by atoms with van der Waals surface area (Å²) in [5.41, 5.74) is 1.57. The molecular formula is C25H35N3O3S. The summed E-state index contributed by atoms with van der Waals surface area (Å²) >= 11 is 0. The fourth-order valence-corrected chi connectivity index (χ4v) is 5.70. The van der Waals surface area contributed by atoms with Gasteiger partial charge in [-0.3, -0.25) is 4.79 Å². The number of rotatable bonds is 9. The number of carbonyl (C=O) groups is 1. The van der Waals surface area contributed by atoms with Gasteiger partial charge in [-0.2, -0.15) is 4.31 Å². The third kappa shape index (κ3) is 6.18. The second-order valence-corrected chi connectivity index (χ2v) is 10.9. The van der Waals surface area contributed by atoms with Gasteiger partial charge in [-0.25, -0.2) is 8.42 Å². The van der Waals surface area contributed by atoms with Crippen molar-refractivity contribution in [2.75, 3.05) is 27.7 Å². The minimum Gasteiger partial charge on any atom is -0.350 e. The van der Waals surface area contributed by atoms with Gasteiger partial charge in [0.2, 0.25) is 10.0 Å². The average molecular weight is 458 g/mol. The Morgan fingerprint density at radius 1 is 1.00 bits per heavy atom. The number of likely N-dealkylation sites (N-methyl/N-ethyl adjacent to an activating group) is 1. The SMILES string of the molecule is CN(C)C(CNC(=O)c1cccc(S(=O)(=O)N(C)C2CCCCC2)c1)Cc1ccccc1. The molecule has 1 atom stereocenters. The van der Waals surface area contributed by atoms with Gasteiger partial charge in [0.05, 0.1) is 4.90 Å². The van der Waals surface area contributed by atoms with E-state index in [0.717, 1.165) is 38.5 Å². The van der Waals surface area contributed by atoms with E-state index in [4.69, 9.17) is 0 Å². The zero-order valence-corrected chi connectivity index (χ0v) is 20.1. The molecule has 0 saturated heterocycles.